The zero-order chi connectivity index (χ0) is 23.4. The van der Waals surface area contributed by atoms with E-state index >= 15 is 0 Å². The Morgan fingerprint density at radius 2 is 1.79 bits per heavy atom. The van der Waals surface area contributed by atoms with Crippen LogP contribution in [0.4, 0.5) is 0 Å². The van der Waals surface area contributed by atoms with Gasteiger partial charge >= 0.3 is 0 Å². The molecule has 0 unspecified atom stereocenters. The molecule has 4 aromatic rings. The maximum Gasteiger partial charge on any atom is 0.251 e. The second-order valence-corrected chi connectivity index (χ2v) is 7.51. The monoisotopic (exact) mass is 441 g/mol. The average molecular weight is 441 g/mol. The highest BCUT2D eigenvalue weighted by atomic mass is 16.5. The summed E-state index contributed by atoms with van der Waals surface area (Å²) < 4.78 is 11.5. The normalized spacial score (nSPS) is 10.6. The number of benzene rings is 2. The van der Waals surface area contributed by atoms with Crippen molar-refractivity contribution in [1.82, 2.24) is 15.3 Å². The predicted octanol–water partition coefficient (Wildman–Crippen LogP) is 4.87. The molecule has 0 spiro atoms. The molecule has 33 heavy (non-hydrogen) atoms. The van der Waals surface area contributed by atoms with Crippen molar-refractivity contribution in [3.05, 3.63) is 89.4 Å². The van der Waals surface area contributed by atoms with Crippen LogP contribution in [0.3, 0.4) is 0 Å². The minimum Gasteiger partial charge on any atom is -0.497 e. The van der Waals surface area contributed by atoms with Gasteiger partial charge in [0.2, 0.25) is 0 Å². The second-order valence-electron chi connectivity index (χ2n) is 7.51. The van der Waals surface area contributed by atoms with Crippen LogP contribution in [0.25, 0.3) is 10.9 Å². The Bertz CT molecular complexity index is 1350. The third-order valence-corrected chi connectivity index (χ3v) is 5.30. The predicted molar refractivity (Wildman–Crippen MR) is 125 cm³/mol. The molecule has 2 aromatic carbocycles. The summed E-state index contributed by atoms with van der Waals surface area (Å²) in [5.74, 6) is 1.58. The van der Waals surface area contributed by atoms with Gasteiger partial charge in [0.15, 0.2) is 5.78 Å². The summed E-state index contributed by atoms with van der Waals surface area (Å²) in [4.78, 5) is 32.8. The molecule has 0 aliphatic heterocycles. The standard InChI is InChI=1S/C26H23N3O4/c1-16-20(26(31)29-15-18-9-11-27-22(13-18)17(2)30)5-4-6-24(16)33-25-10-12-28-23-14-19(32-3)7-8-21(23)25/h4-14H,15H2,1-3H3,(H,29,31). The van der Waals surface area contributed by atoms with Gasteiger partial charge in [-0.15, -0.1) is 0 Å². The van der Waals surface area contributed by atoms with E-state index in [1.165, 1.54) is 6.92 Å². The van der Waals surface area contributed by atoms with Crippen molar-refractivity contribution in [2.75, 3.05) is 7.11 Å². The van der Waals surface area contributed by atoms with Crippen LogP contribution >= 0.6 is 0 Å². The summed E-state index contributed by atoms with van der Waals surface area (Å²) in [6, 6.07) is 16.2. The van der Waals surface area contributed by atoms with Crippen LogP contribution < -0.4 is 14.8 Å². The first-order chi connectivity index (χ1) is 16.0. The number of Topliss-reactive ketones (excluding diaryl/α,β-unsaturated/α-hetero) is 1. The number of carbonyl (C=O) groups is 2. The topological polar surface area (TPSA) is 90.4 Å². The Morgan fingerprint density at radius 3 is 2.58 bits per heavy atom. The van der Waals surface area contributed by atoms with Crippen molar-refractivity contribution in [3.63, 3.8) is 0 Å². The number of methoxy groups -OCH3 is 1. The van der Waals surface area contributed by atoms with Gasteiger partial charge < -0.3 is 14.8 Å². The van der Waals surface area contributed by atoms with Crippen LogP contribution in [0, 0.1) is 6.92 Å². The third kappa shape index (κ3) is 4.82. The van der Waals surface area contributed by atoms with E-state index in [0.717, 1.165) is 16.5 Å². The molecule has 166 valence electrons. The number of hydrogen-bond donors (Lipinski definition) is 1. The highest BCUT2D eigenvalue weighted by Gasteiger charge is 2.14. The molecule has 1 N–H and O–H groups in total. The maximum atomic E-state index is 12.9. The molecule has 1 amide bonds. The molecule has 7 heteroatoms. The summed E-state index contributed by atoms with van der Waals surface area (Å²) >= 11 is 0. The van der Waals surface area contributed by atoms with Crippen molar-refractivity contribution in [1.29, 1.82) is 0 Å². The number of nitrogens with one attached hydrogen (secondary N) is 1. The van der Waals surface area contributed by atoms with Crippen molar-refractivity contribution in [2.24, 2.45) is 0 Å². The molecule has 2 aromatic heterocycles. The van der Waals surface area contributed by atoms with Crippen molar-refractivity contribution >= 4 is 22.6 Å². The Hall–Kier alpha value is -4.26. The second kappa shape index (κ2) is 9.48. The maximum absolute atomic E-state index is 12.9. The first kappa shape index (κ1) is 22.0. The smallest absolute Gasteiger partial charge is 0.251 e. The van der Waals surface area contributed by atoms with Crippen molar-refractivity contribution in [3.8, 4) is 17.2 Å². The SMILES string of the molecule is COc1ccc2c(Oc3cccc(C(=O)NCc4ccnc(C(C)=O)c4)c3C)ccnc2c1. The molecule has 0 radical (unpaired) electrons. The molecule has 7 nitrogen and oxygen atoms in total. The summed E-state index contributed by atoms with van der Waals surface area (Å²) in [5, 5.41) is 3.74. The number of ether oxygens (including phenoxy) is 2. The van der Waals surface area contributed by atoms with Gasteiger partial charge in [-0.25, -0.2) is 0 Å². The van der Waals surface area contributed by atoms with Gasteiger partial charge in [0.25, 0.3) is 5.91 Å². The number of ketones is 1. The zero-order valence-corrected chi connectivity index (χ0v) is 18.6. The molecular weight excluding hydrogens is 418 g/mol. The van der Waals surface area contributed by atoms with E-state index in [1.54, 1.807) is 49.8 Å². The number of amides is 1. The lowest BCUT2D eigenvalue weighted by molar-refractivity contribution is 0.0949. The van der Waals surface area contributed by atoms with Gasteiger partial charge in [-0.05, 0) is 55.0 Å². The van der Waals surface area contributed by atoms with Crippen LogP contribution in [0.5, 0.6) is 17.2 Å². The number of carbonyl (C=O) groups excluding carboxylic acids is 2. The largest absolute Gasteiger partial charge is 0.497 e. The highest BCUT2D eigenvalue weighted by molar-refractivity contribution is 5.96. The number of hydrogen-bond acceptors (Lipinski definition) is 6. The number of rotatable bonds is 7. The quantitative estimate of drug-likeness (QED) is 0.412. The fraction of sp³-hybridized carbons (Fsp3) is 0.154. The van der Waals surface area contributed by atoms with Crippen LogP contribution in [0.1, 0.15) is 38.9 Å². The molecule has 0 atom stereocenters. The Kier molecular flexibility index (Phi) is 6.31. The minimum absolute atomic E-state index is 0.119. The average Bonchev–Trinajstić information content (AvgIpc) is 2.83. The molecule has 0 aliphatic rings. The lowest BCUT2D eigenvalue weighted by atomic mass is 10.1. The summed E-state index contributed by atoms with van der Waals surface area (Å²) in [7, 11) is 1.61. The van der Waals surface area contributed by atoms with Gasteiger partial charge in [-0.2, -0.15) is 0 Å². The molecule has 4 rings (SSSR count). The summed E-state index contributed by atoms with van der Waals surface area (Å²) in [6.45, 7) is 3.59. The molecule has 0 aliphatic carbocycles. The van der Waals surface area contributed by atoms with E-state index in [0.29, 0.717) is 34.1 Å². The number of aromatic nitrogens is 2. The fourth-order valence-corrected chi connectivity index (χ4v) is 3.46. The summed E-state index contributed by atoms with van der Waals surface area (Å²) in [6.07, 6.45) is 3.24. The number of fused-ring (bicyclic) bond motifs is 1. The summed E-state index contributed by atoms with van der Waals surface area (Å²) in [5.41, 5.74) is 3.14. The number of nitrogens with zero attached hydrogens (tertiary/aromatic N) is 2. The molecule has 2 heterocycles. The van der Waals surface area contributed by atoms with Gasteiger partial charge in [0.1, 0.15) is 22.9 Å². The van der Waals surface area contributed by atoms with Gasteiger partial charge in [0.05, 0.1) is 12.6 Å². The minimum atomic E-state index is -0.233. The van der Waals surface area contributed by atoms with E-state index in [9.17, 15) is 9.59 Å². The molecule has 0 fully saturated rings. The molecule has 0 bridgehead atoms. The molecule has 0 saturated heterocycles. The first-order valence-corrected chi connectivity index (χ1v) is 10.4. The first-order valence-electron chi connectivity index (χ1n) is 10.4. The van der Waals surface area contributed by atoms with E-state index < -0.39 is 0 Å². The zero-order valence-electron chi connectivity index (χ0n) is 18.6. The molecular formula is C26H23N3O4. The molecule has 0 saturated carbocycles. The Balaban J connectivity index is 1.54. The number of pyridine rings is 2. The van der Waals surface area contributed by atoms with Crippen LogP contribution in [-0.4, -0.2) is 28.8 Å². The van der Waals surface area contributed by atoms with Gasteiger partial charge in [0, 0.05) is 48.4 Å². The van der Waals surface area contributed by atoms with E-state index in [-0.39, 0.29) is 18.2 Å². The lowest BCUT2D eigenvalue weighted by Crippen LogP contribution is -2.24. The van der Waals surface area contributed by atoms with E-state index in [2.05, 4.69) is 15.3 Å². The van der Waals surface area contributed by atoms with Gasteiger partial charge in [-0.1, -0.05) is 6.07 Å². The van der Waals surface area contributed by atoms with Crippen LogP contribution in [0.2, 0.25) is 0 Å². The lowest BCUT2D eigenvalue weighted by Gasteiger charge is -2.14. The van der Waals surface area contributed by atoms with Crippen molar-refractivity contribution < 1.29 is 19.1 Å². The Labute approximate surface area is 191 Å². The van der Waals surface area contributed by atoms with E-state index in [4.69, 9.17) is 9.47 Å². The third-order valence-electron chi connectivity index (χ3n) is 5.30. The Morgan fingerprint density at radius 1 is 0.970 bits per heavy atom. The van der Waals surface area contributed by atoms with Crippen LogP contribution in [0.15, 0.2) is 67.0 Å². The van der Waals surface area contributed by atoms with E-state index in [1.807, 2.05) is 31.2 Å². The highest BCUT2D eigenvalue weighted by Crippen LogP contribution is 2.33. The van der Waals surface area contributed by atoms with Crippen molar-refractivity contribution in [2.45, 2.75) is 20.4 Å². The fourth-order valence-electron chi connectivity index (χ4n) is 3.46. The van der Waals surface area contributed by atoms with Crippen LogP contribution in [-0.2, 0) is 6.54 Å². The van der Waals surface area contributed by atoms with Gasteiger partial charge in [-0.3, -0.25) is 19.6 Å².